The molecule has 3 aromatic rings. The molecule has 1 amide bonds. The Balaban J connectivity index is 0.000000214. The van der Waals surface area contributed by atoms with E-state index in [1.165, 1.54) is 36.0 Å². The van der Waals surface area contributed by atoms with Crippen LogP contribution >= 0.6 is 11.8 Å². The summed E-state index contributed by atoms with van der Waals surface area (Å²) in [7, 11) is 1.31. The summed E-state index contributed by atoms with van der Waals surface area (Å²) < 4.78 is 4.54. The van der Waals surface area contributed by atoms with Crippen LogP contribution in [0.4, 0.5) is 10.7 Å². The van der Waals surface area contributed by atoms with Crippen LogP contribution < -0.4 is 5.32 Å². The highest BCUT2D eigenvalue weighted by Gasteiger charge is 2.12. The highest BCUT2D eigenvalue weighted by Crippen LogP contribution is 2.30. The minimum atomic E-state index is -0.548. The Kier molecular flexibility index (Phi) is 10.00. The van der Waals surface area contributed by atoms with E-state index >= 15 is 0 Å². The van der Waals surface area contributed by atoms with Crippen LogP contribution in [0, 0.1) is 5.41 Å². The molecular formula is C30H37N3O2S. The van der Waals surface area contributed by atoms with Gasteiger partial charge in [0.15, 0.2) is 0 Å². The Hall–Kier alpha value is -3.25. The van der Waals surface area contributed by atoms with Gasteiger partial charge < -0.3 is 9.72 Å². The number of methoxy groups -OCH3 is 1. The third-order valence-corrected chi connectivity index (χ3v) is 6.85. The molecule has 0 atom stereocenters. The van der Waals surface area contributed by atoms with E-state index in [1.54, 1.807) is 11.8 Å². The Labute approximate surface area is 219 Å². The van der Waals surface area contributed by atoms with Crippen LogP contribution in [0.1, 0.15) is 53.4 Å². The summed E-state index contributed by atoms with van der Waals surface area (Å²) in [5.41, 5.74) is 4.99. The Morgan fingerprint density at radius 2 is 1.83 bits per heavy atom. The predicted molar refractivity (Wildman–Crippen MR) is 152 cm³/mol. The molecule has 0 saturated heterocycles. The Bertz CT molecular complexity index is 1240. The van der Waals surface area contributed by atoms with Gasteiger partial charge in [-0.25, -0.2) is 9.78 Å². The molecule has 2 aromatic carbocycles. The summed E-state index contributed by atoms with van der Waals surface area (Å²) >= 11 is 1.67. The lowest BCUT2D eigenvalue weighted by Gasteiger charge is -2.18. The number of amides is 1. The summed E-state index contributed by atoms with van der Waals surface area (Å²) in [5, 5.41) is 2.52. The number of carbonyl (C=O) groups is 1. The molecule has 190 valence electrons. The van der Waals surface area contributed by atoms with Crippen molar-refractivity contribution < 1.29 is 9.53 Å². The summed E-state index contributed by atoms with van der Waals surface area (Å²) in [4.78, 5) is 20.8. The van der Waals surface area contributed by atoms with E-state index in [-0.39, 0.29) is 0 Å². The molecule has 0 aliphatic heterocycles. The molecule has 1 aromatic heterocycles. The number of nitrogens with zero attached hydrogens (tertiary/aromatic N) is 1. The first-order valence-electron chi connectivity index (χ1n) is 12.3. The first kappa shape index (κ1) is 27.3. The lowest BCUT2D eigenvalue weighted by molar-refractivity contribution is 0.186. The van der Waals surface area contributed by atoms with E-state index in [9.17, 15) is 4.79 Å². The van der Waals surface area contributed by atoms with Gasteiger partial charge in [0.1, 0.15) is 0 Å². The van der Waals surface area contributed by atoms with Crippen molar-refractivity contribution in [2.75, 3.05) is 12.4 Å². The Morgan fingerprint density at radius 3 is 2.58 bits per heavy atom. The topological polar surface area (TPSA) is 67.0 Å². The van der Waals surface area contributed by atoms with Crippen LogP contribution in [0.15, 0.2) is 93.8 Å². The molecule has 36 heavy (non-hydrogen) atoms. The average molecular weight is 504 g/mol. The van der Waals surface area contributed by atoms with Gasteiger partial charge in [-0.15, -0.1) is 0 Å². The smallest absolute Gasteiger partial charge is 0.413 e. The largest absolute Gasteiger partial charge is 0.453 e. The van der Waals surface area contributed by atoms with Crippen molar-refractivity contribution in [3.8, 4) is 0 Å². The van der Waals surface area contributed by atoms with Gasteiger partial charge in [-0.3, -0.25) is 5.32 Å². The predicted octanol–water partition coefficient (Wildman–Crippen LogP) is 8.93. The first-order valence-corrected chi connectivity index (χ1v) is 13.1. The van der Waals surface area contributed by atoms with Crippen LogP contribution in [0.2, 0.25) is 0 Å². The van der Waals surface area contributed by atoms with Crippen molar-refractivity contribution in [2.45, 2.75) is 63.2 Å². The zero-order chi connectivity index (χ0) is 26.0. The molecule has 5 nitrogen and oxygen atoms in total. The normalized spacial score (nSPS) is 15.6. The minimum Gasteiger partial charge on any atom is -0.453 e. The molecule has 0 fully saturated rings. The number of benzene rings is 2. The van der Waals surface area contributed by atoms with E-state index in [0.717, 1.165) is 28.8 Å². The van der Waals surface area contributed by atoms with E-state index in [4.69, 9.17) is 0 Å². The molecule has 1 aliphatic carbocycles. The number of H-pyrrole nitrogens is 1. The minimum absolute atomic E-state index is 0.311. The molecule has 0 unspecified atom stereocenters. The fourth-order valence-electron chi connectivity index (χ4n) is 3.68. The zero-order valence-electron chi connectivity index (χ0n) is 21.9. The zero-order valence-corrected chi connectivity index (χ0v) is 22.7. The number of nitrogens with one attached hydrogen (secondary N) is 2. The van der Waals surface area contributed by atoms with Gasteiger partial charge in [-0.2, -0.15) is 0 Å². The first-order chi connectivity index (χ1) is 17.2. The molecule has 1 aliphatic rings. The molecule has 2 N–H and O–H groups in total. The third-order valence-electron chi connectivity index (χ3n) is 5.86. The number of ether oxygens (including phenoxy) is 1. The van der Waals surface area contributed by atoms with E-state index in [0.29, 0.717) is 11.4 Å². The van der Waals surface area contributed by atoms with Crippen LogP contribution in [0.3, 0.4) is 0 Å². The number of anilines is 1. The quantitative estimate of drug-likeness (QED) is 0.350. The number of aromatic amines is 1. The van der Waals surface area contributed by atoms with Gasteiger partial charge in [0, 0.05) is 9.79 Å². The van der Waals surface area contributed by atoms with Crippen LogP contribution in [0.25, 0.3) is 11.0 Å². The van der Waals surface area contributed by atoms with Crippen molar-refractivity contribution in [2.24, 2.45) is 5.41 Å². The van der Waals surface area contributed by atoms with Crippen LogP contribution in [-0.4, -0.2) is 23.2 Å². The summed E-state index contributed by atoms with van der Waals surface area (Å²) in [6, 6.07) is 16.1. The number of hydrogen-bond acceptors (Lipinski definition) is 4. The van der Waals surface area contributed by atoms with Crippen LogP contribution in [0.5, 0.6) is 0 Å². The lowest BCUT2D eigenvalue weighted by Crippen LogP contribution is -2.11. The van der Waals surface area contributed by atoms with Crippen molar-refractivity contribution in [3.63, 3.8) is 0 Å². The van der Waals surface area contributed by atoms with Crippen molar-refractivity contribution in [1.82, 2.24) is 9.97 Å². The van der Waals surface area contributed by atoms with Gasteiger partial charge in [-0.05, 0) is 75.3 Å². The number of fused-ring (bicyclic) bond motifs is 1. The van der Waals surface area contributed by atoms with E-state index in [2.05, 4.69) is 84.2 Å². The second-order valence-electron chi connectivity index (χ2n) is 9.73. The number of imidazole rings is 1. The fourth-order valence-corrected chi connectivity index (χ4v) is 4.56. The lowest BCUT2D eigenvalue weighted by atomic mass is 9.87. The molecule has 0 bridgehead atoms. The van der Waals surface area contributed by atoms with Gasteiger partial charge in [0.05, 0.1) is 18.1 Å². The summed E-state index contributed by atoms with van der Waals surface area (Å²) in [6.07, 6.45) is 13.6. The number of hydrogen-bond donors (Lipinski definition) is 2. The standard InChI is InChI=1S/C15H13N3O2S.C15H24/c1-20-15(19)18-14-16-12-8-7-11(9-13(12)17-14)21-10-5-3-2-4-6-10;1-13-7-5-8-14(2)10-12-15(3,4)11-6-9-13/h2-9H,1H3,(H2,16,17,18,19);6-7,10-11H,5,8-9,12H2,1-4H3. The maximum absolute atomic E-state index is 11.2. The molecule has 4 rings (SSSR count). The third kappa shape index (κ3) is 9.08. The second-order valence-corrected chi connectivity index (χ2v) is 10.9. The number of carbonyl (C=O) groups excluding carboxylic acids is 1. The van der Waals surface area contributed by atoms with E-state index in [1.807, 2.05) is 36.4 Å². The molecule has 1 heterocycles. The molecular weight excluding hydrogens is 466 g/mol. The maximum atomic E-state index is 11.2. The fraction of sp³-hybridized carbons (Fsp3) is 0.333. The number of allylic oxidation sites excluding steroid dienone is 6. The molecule has 6 heteroatoms. The van der Waals surface area contributed by atoms with Gasteiger partial charge in [0.25, 0.3) is 0 Å². The maximum Gasteiger partial charge on any atom is 0.413 e. The van der Waals surface area contributed by atoms with Gasteiger partial charge >= 0.3 is 6.09 Å². The summed E-state index contributed by atoms with van der Waals surface area (Å²) in [6.45, 7) is 9.10. The molecule has 0 spiro atoms. The highest BCUT2D eigenvalue weighted by atomic mass is 32.2. The summed E-state index contributed by atoms with van der Waals surface area (Å²) in [5.74, 6) is 0.374. The van der Waals surface area contributed by atoms with Crippen molar-refractivity contribution in [1.29, 1.82) is 0 Å². The van der Waals surface area contributed by atoms with Crippen LogP contribution in [-0.2, 0) is 4.74 Å². The van der Waals surface area contributed by atoms with Gasteiger partial charge in [-0.1, -0.05) is 79.3 Å². The van der Waals surface area contributed by atoms with Crippen molar-refractivity contribution >= 4 is 34.8 Å². The molecule has 0 saturated carbocycles. The van der Waals surface area contributed by atoms with Crippen molar-refractivity contribution in [3.05, 3.63) is 84.0 Å². The highest BCUT2D eigenvalue weighted by molar-refractivity contribution is 7.99. The Morgan fingerprint density at radius 1 is 1.06 bits per heavy atom. The second kappa shape index (κ2) is 13.2. The van der Waals surface area contributed by atoms with Gasteiger partial charge in [0.2, 0.25) is 5.95 Å². The number of rotatable bonds is 3. The average Bonchev–Trinajstić information content (AvgIpc) is 3.24. The van der Waals surface area contributed by atoms with E-state index < -0.39 is 6.09 Å². The SMILES string of the molecule is CC1=CCCC(C)=CCC(C)(C)C=CC1.COC(=O)Nc1nc2ccc(Sc3ccccc3)cc2[nH]1. The molecule has 0 radical (unpaired) electrons. The number of aromatic nitrogens is 2. The monoisotopic (exact) mass is 503 g/mol.